The van der Waals surface area contributed by atoms with Crippen LogP contribution in [-0.4, -0.2) is 25.7 Å². The average molecular weight is 398 g/mol. The van der Waals surface area contributed by atoms with E-state index in [4.69, 9.17) is 23.8 Å². The number of hydrogen-bond donors (Lipinski definition) is 3. The molecule has 0 fully saturated rings. The molecule has 132 valence electrons. The zero-order valence-corrected chi connectivity index (χ0v) is 15.8. The van der Waals surface area contributed by atoms with Crippen LogP contribution < -0.4 is 16.2 Å². The number of sulfone groups is 1. The molecule has 0 saturated carbocycles. The highest BCUT2D eigenvalue weighted by Crippen LogP contribution is 2.16. The molecule has 3 N–H and O–H groups in total. The molecule has 0 atom stereocenters. The molecule has 0 aliphatic carbocycles. The maximum Gasteiger partial charge on any atom is 0.269 e. The van der Waals surface area contributed by atoms with Crippen molar-refractivity contribution in [2.75, 3.05) is 11.6 Å². The minimum absolute atomic E-state index is 0.0742. The van der Waals surface area contributed by atoms with Crippen molar-refractivity contribution in [2.45, 2.75) is 11.8 Å². The number of thiocarbonyl (C=S) groups is 1. The van der Waals surface area contributed by atoms with E-state index in [0.717, 1.165) is 6.26 Å². The van der Waals surface area contributed by atoms with Crippen molar-refractivity contribution in [1.82, 2.24) is 10.9 Å². The number of anilines is 1. The molecule has 1 amide bonds. The Labute approximate surface area is 156 Å². The Balaban J connectivity index is 2.02. The van der Waals surface area contributed by atoms with E-state index in [2.05, 4.69) is 16.2 Å². The van der Waals surface area contributed by atoms with E-state index in [1.807, 2.05) is 0 Å². The fourth-order valence-electron chi connectivity index (χ4n) is 1.95. The lowest BCUT2D eigenvalue weighted by Gasteiger charge is -2.13. The molecular weight excluding hydrogens is 382 g/mol. The number of aryl methyl sites for hydroxylation is 1. The van der Waals surface area contributed by atoms with Gasteiger partial charge in [-0.3, -0.25) is 15.6 Å². The van der Waals surface area contributed by atoms with Gasteiger partial charge in [0.15, 0.2) is 14.9 Å². The summed E-state index contributed by atoms with van der Waals surface area (Å²) in [6.45, 7) is 1.71. The first-order valence-corrected chi connectivity index (χ1v) is 9.78. The standard InChI is InChI=1S/C16H16ClN3O3S2/c1-10-3-8-13(25(2,22)23)9-14(10)15(21)19-20-16(24)18-12-6-4-11(17)5-7-12/h3-9H,1-2H3,(H,19,21)(H2,18,20,24). The van der Waals surface area contributed by atoms with E-state index >= 15 is 0 Å². The van der Waals surface area contributed by atoms with Crippen LogP contribution in [0.15, 0.2) is 47.4 Å². The lowest BCUT2D eigenvalue weighted by atomic mass is 10.1. The minimum Gasteiger partial charge on any atom is -0.331 e. The fourth-order valence-corrected chi connectivity index (χ4v) is 2.89. The highest BCUT2D eigenvalue weighted by Gasteiger charge is 2.14. The first-order chi connectivity index (χ1) is 11.7. The number of carbonyl (C=O) groups excluding carboxylic acids is 1. The summed E-state index contributed by atoms with van der Waals surface area (Å²) in [5, 5.41) is 3.65. The summed E-state index contributed by atoms with van der Waals surface area (Å²) in [4.78, 5) is 12.3. The minimum atomic E-state index is -3.40. The number of hydrazine groups is 1. The van der Waals surface area contributed by atoms with Gasteiger partial charge >= 0.3 is 0 Å². The van der Waals surface area contributed by atoms with Gasteiger partial charge in [0.25, 0.3) is 5.91 Å². The van der Waals surface area contributed by atoms with Crippen LogP contribution in [0.2, 0.25) is 5.02 Å². The van der Waals surface area contributed by atoms with Crippen molar-refractivity contribution < 1.29 is 13.2 Å². The number of carbonyl (C=O) groups is 1. The predicted molar refractivity (Wildman–Crippen MR) is 103 cm³/mol. The molecule has 2 rings (SSSR count). The van der Waals surface area contributed by atoms with Gasteiger partial charge in [0.1, 0.15) is 0 Å². The molecule has 0 aliphatic heterocycles. The van der Waals surface area contributed by atoms with Crippen molar-refractivity contribution >= 4 is 50.4 Å². The Bertz CT molecular complexity index is 913. The van der Waals surface area contributed by atoms with E-state index in [-0.39, 0.29) is 15.6 Å². The molecule has 2 aromatic rings. The molecule has 9 heteroatoms. The topological polar surface area (TPSA) is 87.3 Å². The summed E-state index contributed by atoms with van der Waals surface area (Å²) in [5.74, 6) is -0.497. The highest BCUT2D eigenvalue weighted by molar-refractivity contribution is 7.90. The summed E-state index contributed by atoms with van der Waals surface area (Å²) < 4.78 is 23.2. The molecule has 2 aromatic carbocycles. The van der Waals surface area contributed by atoms with Crippen LogP contribution >= 0.6 is 23.8 Å². The van der Waals surface area contributed by atoms with Gasteiger partial charge in [-0.25, -0.2) is 8.42 Å². The number of rotatable bonds is 3. The van der Waals surface area contributed by atoms with Gasteiger partial charge in [-0.1, -0.05) is 17.7 Å². The first-order valence-electron chi connectivity index (χ1n) is 7.10. The third-order valence-electron chi connectivity index (χ3n) is 3.27. The van der Waals surface area contributed by atoms with Gasteiger partial charge in [-0.15, -0.1) is 0 Å². The van der Waals surface area contributed by atoms with Crippen LogP contribution in [0, 0.1) is 6.92 Å². The van der Waals surface area contributed by atoms with Crippen molar-refractivity contribution in [3.63, 3.8) is 0 Å². The van der Waals surface area contributed by atoms with E-state index < -0.39 is 15.7 Å². The van der Waals surface area contributed by atoms with Crippen LogP contribution in [0.4, 0.5) is 5.69 Å². The zero-order valence-electron chi connectivity index (χ0n) is 13.5. The van der Waals surface area contributed by atoms with Crippen LogP contribution in [0.3, 0.4) is 0 Å². The summed E-state index contributed by atoms with van der Waals surface area (Å²) >= 11 is 10.9. The molecule has 0 bridgehead atoms. The van der Waals surface area contributed by atoms with Crippen molar-refractivity contribution in [3.8, 4) is 0 Å². The maximum atomic E-state index is 12.3. The third-order valence-corrected chi connectivity index (χ3v) is 4.84. The normalized spacial score (nSPS) is 10.8. The van der Waals surface area contributed by atoms with E-state index in [1.54, 1.807) is 37.3 Å². The maximum absolute atomic E-state index is 12.3. The highest BCUT2D eigenvalue weighted by atomic mass is 35.5. The predicted octanol–water partition coefficient (Wildman–Crippen LogP) is 2.68. The van der Waals surface area contributed by atoms with Gasteiger partial charge < -0.3 is 5.32 Å². The van der Waals surface area contributed by atoms with E-state index in [9.17, 15) is 13.2 Å². The molecule has 6 nitrogen and oxygen atoms in total. The molecule has 0 radical (unpaired) electrons. The second-order valence-corrected chi connectivity index (χ2v) is 8.15. The number of benzene rings is 2. The van der Waals surface area contributed by atoms with Crippen molar-refractivity contribution in [1.29, 1.82) is 0 Å². The summed E-state index contributed by atoms with van der Waals surface area (Å²) in [6.07, 6.45) is 1.09. The van der Waals surface area contributed by atoms with Gasteiger partial charge in [0.2, 0.25) is 0 Å². The third kappa shape index (κ3) is 5.42. The largest absolute Gasteiger partial charge is 0.331 e. The zero-order chi connectivity index (χ0) is 18.6. The smallest absolute Gasteiger partial charge is 0.269 e. The quantitative estimate of drug-likeness (QED) is 0.545. The van der Waals surface area contributed by atoms with Crippen LogP contribution in [0.25, 0.3) is 0 Å². The van der Waals surface area contributed by atoms with Crippen LogP contribution in [-0.2, 0) is 9.84 Å². The SMILES string of the molecule is Cc1ccc(S(C)(=O)=O)cc1C(=O)NNC(=S)Nc1ccc(Cl)cc1. The van der Waals surface area contributed by atoms with Gasteiger partial charge in [-0.2, -0.15) is 0 Å². The summed E-state index contributed by atoms with van der Waals surface area (Å²) in [7, 11) is -3.40. The molecule has 0 aliphatic rings. The first kappa shape index (κ1) is 19.2. The lowest BCUT2D eigenvalue weighted by Crippen LogP contribution is -2.44. The second kappa shape index (κ2) is 7.81. The van der Waals surface area contributed by atoms with Crippen molar-refractivity contribution in [3.05, 3.63) is 58.6 Å². The van der Waals surface area contributed by atoms with E-state index in [0.29, 0.717) is 16.3 Å². The molecule has 25 heavy (non-hydrogen) atoms. The monoisotopic (exact) mass is 397 g/mol. The number of halogens is 1. The lowest BCUT2D eigenvalue weighted by molar-refractivity contribution is 0.0943. The number of nitrogens with one attached hydrogen (secondary N) is 3. The second-order valence-electron chi connectivity index (χ2n) is 5.29. The average Bonchev–Trinajstić information content (AvgIpc) is 2.54. The Hall–Kier alpha value is -2.16. The Morgan fingerprint density at radius 3 is 2.32 bits per heavy atom. The van der Waals surface area contributed by atoms with Gasteiger partial charge in [-0.05, 0) is 61.1 Å². The van der Waals surface area contributed by atoms with Gasteiger partial charge in [0.05, 0.1) is 4.90 Å². The number of hydrogen-bond acceptors (Lipinski definition) is 4. The molecule has 0 spiro atoms. The molecular formula is C16H16ClN3O3S2. The Kier molecular flexibility index (Phi) is 5.99. The van der Waals surface area contributed by atoms with Crippen LogP contribution in [0.5, 0.6) is 0 Å². The fraction of sp³-hybridized carbons (Fsp3) is 0.125. The van der Waals surface area contributed by atoms with Crippen molar-refractivity contribution in [2.24, 2.45) is 0 Å². The molecule has 0 heterocycles. The molecule has 0 aromatic heterocycles. The van der Waals surface area contributed by atoms with Gasteiger partial charge in [0, 0.05) is 22.5 Å². The summed E-state index contributed by atoms with van der Waals surface area (Å²) in [6, 6.07) is 11.2. The Morgan fingerprint density at radius 2 is 1.72 bits per heavy atom. The molecule has 0 saturated heterocycles. The Morgan fingerprint density at radius 1 is 1.08 bits per heavy atom. The van der Waals surface area contributed by atoms with Crippen LogP contribution in [0.1, 0.15) is 15.9 Å². The van der Waals surface area contributed by atoms with E-state index in [1.165, 1.54) is 12.1 Å². The molecule has 0 unspecified atom stereocenters. The number of amides is 1. The summed E-state index contributed by atoms with van der Waals surface area (Å²) in [5.41, 5.74) is 6.59.